The molecule has 4 aromatic rings. The zero-order valence-corrected chi connectivity index (χ0v) is 25.4. The summed E-state index contributed by atoms with van der Waals surface area (Å²) in [6.45, 7) is 11.5. The summed E-state index contributed by atoms with van der Waals surface area (Å²) in [4.78, 5) is 2.50. The van der Waals surface area contributed by atoms with E-state index in [4.69, 9.17) is 0 Å². The van der Waals surface area contributed by atoms with Crippen molar-refractivity contribution >= 4 is 5.69 Å². The van der Waals surface area contributed by atoms with Crippen LogP contribution in [0.15, 0.2) is 84.9 Å². The van der Waals surface area contributed by atoms with Gasteiger partial charge in [-0.15, -0.1) is 12.3 Å². The van der Waals surface area contributed by atoms with Gasteiger partial charge in [-0.2, -0.15) is 0 Å². The third-order valence-corrected chi connectivity index (χ3v) is 8.58. The topological polar surface area (TPSA) is 3.24 Å². The molecule has 0 amide bonds. The molecule has 2 atom stereocenters. The molecule has 4 aromatic carbocycles. The number of aryl methyl sites for hydroxylation is 4. The lowest BCUT2D eigenvalue weighted by atomic mass is 9.87. The Morgan fingerprint density at radius 3 is 2.17 bits per heavy atom. The van der Waals surface area contributed by atoms with Crippen molar-refractivity contribution in [3.8, 4) is 23.5 Å². The zero-order valence-electron chi connectivity index (χ0n) is 25.4. The molecule has 0 aromatic heterocycles. The largest absolute Gasteiger partial charge is 0.364 e. The van der Waals surface area contributed by atoms with E-state index in [0.717, 1.165) is 31.5 Å². The van der Waals surface area contributed by atoms with Crippen LogP contribution in [0.2, 0.25) is 0 Å². The molecule has 5 rings (SSSR count). The quantitative estimate of drug-likeness (QED) is 0.199. The number of nitrogens with zero attached hydrogens (tertiary/aromatic N) is 1. The minimum atomic E-state index is -0.177. The number of terminal acetylenes is 1. The summed E-state index contributed by atoms with van der Waals surface area (Å²) in [5.41, 5.74) is 12.0. The molecule has 0 N–H and O–H groups in total. The van der Waals surface area contributed by atoms with E-state index in [0.29, 0.717) is 12.0 Å². The number of anilines is 1. The van der Waals surface area contributed by atoms with Crippen molar-refractivity contribution in [3.63, 3.8) is 0 Å². The van der Waals surface area contributed by atoms with Crippen LogP contribution < -0.4 is 4.90 Å². The van der Waals surface area contributed by atoms with Crippen LogP contribution in [-0.2, 0) is 12.8 Å². The summed E-state index contributed by atoms with van der Waals surface area (Å²) < 4.78 is 13.7. The van der Waals surface area contributed by atoms with E-state index in [1.54, 1.807) is 19.1 Å². The molecule has 0 spiro atoms. The molecule has 1 heterocycles. The van der Waals surface area contributed by atoms with Crippen LogP contribution in [0.3, 0.4) is 0 Å². The summed E-state index contributed by atoms with van der Waals surface area (Å²) in [7, 11) is 0. The molecule has 41 heavy (non-hydrogen) atoms. The number of hydrogen-bond acceptors (Lipinski definition) is 1. The summed E-state index contributed by atoms with van der Waals surface area (Å²) in [6, 6.07) is 30.2. The Hall–Kier alpha value is -3.83. The Labute approximate surface area is 247 Å². The molecule has 1 fully saturated rings. The van der Waals surface area contributed by atoms with Crippen LogP contribution in [0, 0.1) is 44.9 Å². The molecule has 1 aliphatic heterocycles. The molecule has 1 aliphatic rings. The highest BCUT2D eigenvalue weighted by Crippen LogP contribution is 2.43. The molecule has 212 valence electrons. The fourth-order valence-corrected chi connectivity index (χ4v) is 6.20. The summed E-state index contributed by atoms with van der Waals surface area (Å²) >= 11 is 0. The first-order valence-corrected chi connectivity index (χ1v) is 15.0. The van der Waals surface area contributed by atoms with Gasteiger partial charge in [0.25, 0.3) is 0 Å². The van der Waals surface area contributed by atoms with E-state index in [1.165, 1.54) is 57.3 Å². The highest BCUT2D eigenvalue weighted by atomic mass is 19.1. The smallest absolute Gasteiger partial charge is 0.123 e. The Bertz CT molecular complexity index is 1440. The van der Waals surface area contributed by atoms with Gasteiger partial charge in [-0.25, -0.2) is 4.39 Å². The molecular formula is C39H44FN. The van der Waals surface area contributed by atoms with E-state index in [9.17, 15) is 4.39 Å². The Morgan fingerprint density at radius 1 is 0.878 bits per heavy atom. The number of rotatable bonds is 8. The van der Waals surface area contributed by atoms with Gasteiger partial charge in [-0.1, -0.05) is 73.2 Å². The van der Waals surface area contributed by atoms with Gasteiger partial charge in [0.15, 0.2) is 0 Å². The van der Waals surface area contributed by atoms with E-state index in [2.05, 4.69) is 106 Å². The van der Waals surface area contributed by atoms with Gasteiger partial charge in [-0.3, -0.25) is 0 Å². The SMILES string of the molecule is C#CC.CCc1cc(-c2ccc(C3C(CCCc4ccc(C)cc4)CCN3c3ccc(F)cc3)cc2)cc(C)c1C. The van der Waals surface area contributed by atoms with Crippen LogP contribution in [0.4, 0.5) is 10.1 Å². The van der Waals surface area contributed by atoms with Gasteiger partial charge in [0.1, 0.15) is 5.82 Å². The second-order valence-corrected chi connectivity index (χ2v) is 11.4. The predicted octanol–water partition coefficient (Wildman–Crippen LogP) is 10.2. The van der Waals surface area contributed by atoms with Crippen molar-refractivity contribution in [3.05, 3.63) is 124 Å². The molecule has 0 saturated carbocycles. The van der Waals surface area contributed by atoms with Crippen molar-refractivity contribution in [1.29, 1.82) is 0 Å². The van der Waals surface area contributed by atoms with Gasteiger partial charge in [0, 0.05) is 12.2 Å². The van der Waals surface area contributed by atoms with Crippen molar-refractivity contribution in [1.82, 2.24) is 0 Å². The Kier molecular flexibility index (Phi) is 10.4. The first kappa shape index (κ1) is 30.1. The van der Waals surface area contributed by atoms with Crippen LogP contribution in [0.25, 0.3) is 11.1 Å². The fourth-order valence-electron chi connectivity index (χ4n) is 6.20. The summed E-state index contributed by atoms with van der Waals surface area (Å²) in [6.07, 6.45) is 10.3. The monoisotopic (exact) mass is 545 g/mol. The fraction of sp³-hybridized carbons (Fsp3) is 0.333. The predicted molar refractivity (Wildman–Crippen MR) is 174 cm³/mol. The van der Waals surface area contributed by atoms with Gasteiger partial charge in [0.2, 0.25) is 0 Å². The van der Waals surface area contributed by atoms with E-state index < -0.39 is 0 Å². The van der Waals surface area contributed by atoms with Crippen LogP contribution in [0.1, 0.15) is 72.5 Å². The maximum absolute atomic E-state index is 13.7. The third kappa shape index (κ3) is 7.47. The lowest BCUT2D eigenvalue weighted by Crippen LogP contribution is -2.25. The van der Waals surface area contributed by atoms with Crippen LogP contribution in [-0.4, -0.2) is 6.54 Å². The Morgan fingerprint density at radius 2 is 1.54 bits per heavy atom. The van der Waals surface area contributed by atoms with Gasteiger partial charge >= 0.3 is 0 Å². The normalized spacial score (nSPS) is 16.2. The molecule has 2 heteroatoms. The molecular weight excluding hydrogens is 501 g/mol. The number of hydrogen-bond donors (Lipinski definition) is 0. The van der Waals surface area contributed by atoms with E-state index in [-0.39, 0.29) is 5.82 Å². The molecule has 0 aliphatic carbocycles. The molecule has 0 radical (unpaired) electrons. The second kappa shape index (κ2) is 14.2. The first-order valence-electron chi connectivity index (χ1n) is 15.0. The van der Waals surface area contributed by atoms with Gasteiger partial charge in [-0.05, 0) is 129 Å². The lowest BCUT2D eigenvalue weighted by molar-refractivity contribution is 0.436. The molecule has 2 unspecified atom stereocenters. The van der Waals surface area contributed by atoms with Crippen LogP contribution in [0.5, 0.6) is 0 Å². The van der Waals surface area contributed by atoms with Crippen molar-refractivity contribution < 1.29 is 4.39 Å². The molecule has 0 bridgehead atoms. The lowest BCUT2D eigenvalue weighted by Gasteiger charge is -2.31. The maximum atomic E-state index is 13.7. The number of halogens is 1. The van der Waals surface area contributed by atoms with Gasteiger partial charge in [0.05, 0.1) is 6.04 Å². The highest BCUT2D eigenvalue weighted by Gasteiger charge is 2.35. The van der Waals surface area contributed by atoms with Crippen molar-refractivity contribution in [2.24, 2.45) is 5.92 Å². The standard InChI is InChI=1S/C36H40FN.C3H4/c1-5-29-24-33(23-26(3)27(29)4)30-13-15-32(16-14-30)36-31(8-6-7-28-11-9-25(2)10-12-28)21-22-38(36)35-19-17-34(37)18-20-35;1-3-2/h9-20,23-24,31,36H,5-8,21-22H2,1-4H3;1H,2H3. The third-order valence-electron chi connectivity index (χ3n) is 8.58. The Balaban J connectivity index is 0.00000124. The van der Waals surface area contributed by atoms with Crippen LogP contribution >= 0.6 is 0 Å². The van der Waals surface area contributed by atoms with Crippen molar-refractivity contribution in [2.45, 2.75) is 72.8 Å². The first-order chi connectivity index (χ1) is 19.8. The second-order valence-electron chi connectivity index (χ2n) is 11.4. The van der Waals surface area contributed by atoms with E-state index in [1.807, 2.05) is 12.1 Å². The van der Waals surface area contributed by atoms with E-state index >= 15 is 0 Å². The maximum Gasteiger partial charge on any atom is 0.123 e. The van der Waals surface area contributed by atoms with Crippen molar-refractivity contribution in [2.75, 3.05) is 11.4 Å². The molecule has 1 saturated heterocycles. The van der Waals surface area contributed by atoms with Gasteiger partial charge < -0.3 is 4.90 Å². The highest BCUT2D eigenvalue weighted by molar-refractivity contribution is 5.67. The average molecular weight is 546 g/mol. The average Bonchev–Trinajstić information content (AvgIpc) is 3.40. The minimum Gasteiger partial charge on any atom is -0.364 e. The minimum absolute atomic E-state index is 0.177. The molecule has 1 nitrogen and oxygen atoms in total. The number of benzene rings is 4. The summed E-state index contributed by atoms with van der Waals surface area (Å²) in [5, 5.41) is 0. The summed E-state index contributed by atoms with van der Waals surface area (Å²) in [5.74, 6) is 2.65. The zero-order chi connectivity index (χ0) is 29.4.